The summed E-state index contributed by atoms with van der Waals surface area (Å²) in [5.74, 6) is -0.0627. The lowest BCUT2D eigenvalue weighted by molar-refractivity contribution is -0.132. The van der Waals surface area contributed by atoms with E-state index in [1.807, 2.05) is 0 Å². The van der Waals surface area contributed by atoms with Crippen molar-refractivity contribution >= 4 is 39.8 Å². The number of aromatic hydroxyl groups is 1. The number of nitrogens with zero attached hydrogens (tertiary/aromatic N) is 1. The van der Waals surface area contributed by atoms with Crippen LogP contribution in [0.1, 0.15) is 17.0 Å². The maximum atomic E-state index is 12.4. The summed E-state index contributed by atoms with van der Waals surface area (Å²) in [5.41, 5.74) is 1.62. The monoisotopic (exact) mass is 410 g/mol. The van der Waals surface area contributed by atoms with E-state index in [-0.39, 0.29) is 16.9 Å². The first kappa shape index (κ1) is 19.3. The number of nitrogens with one attached hydrogen (secondary N) is 1. The second kappa shape index (κ2) is 7.11. The van der Waals surface area contributed by atoms with Crippen molar-refractivity contribution in [2.45, 2.75) is 6.92 Å². The molecule has 4 rings (SSSR count). The number of furan rings is 1. The van der Waals surface area contributed by atoms with Gasteiger partial charge in [0.05, 0.1) is 27.0 Å². The smallest absolute Gasteiger partial charge is 0.357 e. The van der Waals surface area contributed by atoms with Gasteiger partial charge < -0.3 is 28.7 Å². The molecule has 1 aliphatic heterocycles. The number of H-pyrrole nitrogens is 1. The fourth-order valence-corrected chi connectivity index (χ4v) is 3.43. The molecule has 2 N–H and O–H groups in total. The number of ether oxygens (including phenoxy) is 3. The zero-order valence-corrected chi connectivity index (χ0v) is 16.7. The average Bonchev–Trinajstić information content (AvgIpc) is 3.23. The second-order valence-corrected chi connectivity index (χ2v) is 6.58. The number of rotatable bonds is 4. The summed E-state index contributed by atoms with van der Waals surface area (Å²) in [7, 11) is 4.25. The Morgan fingerprint density at radius 1 is 1.17 bits per heavy atom. The van der Waals surface area contributed by atoms with E-state index in [2.05, 4.69) is 9.98 Å². The van der Waals surface area contributed by atoms with Crippen molar-refractivity contribution in [2.24, 2.45) is 4.99 Å². The minimum Gasteiger partial charge on any atom is -0.493 e. The minimum absolute atomic E-state index is 0.0227. The number of hydrogen-bond acceptors (Lipinski definition) is 8. The van der Waals surface area contributed by atoms with E-state index < -0.39 is 17.5 Å². The maximum Gasteiger partial charge on any atom is 0.357 e. The van der Waals surface area contributed by atoms with Crippen molar-refractivity contribution in [3.05, 3.63) is 45.6 Å². The first-order valence-electron chi connectivity index (χ1n) is 8.88. The molecule has 3 heterocycles. The Kier molecular flexibility index (Phi) is 4.57. The molecule has 0 atom stereocenters. The van der Waals surface area contributed by atoms with Gasteiger partial charge in [-0.3, -0.25) is 4.79 Å². The molecule has 0 aliphatic carbocycles. The van der Waals surface area contributed by atoms with Gasteiger partial charge in [0.25, 0.3) is 11.5 Å². The zero-order chi connectivity index (χ0) is 21.6. The predicted octanol–water partition coefficient (Wildman–Crippen LogP) is 2.95. The molecule has 0 amide bonds. The molecule has 9 heteroatoms. The standard InChI is InChI=1S/C21H18N2O7/c1-9-5-12-14(30-20(25)17(12)19(24)22-9)7-11-10-6-15(27-2)16(28-3)8-13(10)23-18(11)21(26)29-4/h5-8,25H,1-4H3,(H,22,24)/b11-7+. The fraction of sp³-hybridized carbons (Fsp3) is 0.190. The molecule has 0 unspecified atom stereocenters. The number of aromatic nitrogens is 1. The van der Waals surface area contributed by atoms with Gasteiger partial charge in [0.2, 0.25) is 0 Å². The van der Waals surface area contributed by atoms with Crippen molar-refractivity contribution < 1.29 is 28.5 Å². The van der Waals surface area contributed by atoms with E-state index in [4.69, 9.17) is 18.6 Å². The third-order valence-electron chi connectivity index (χ3n) is 4.79. The Hall–Kier alpha value is -4.01. The van der Waals surface area contributed by atoms with E-state index in [1.165, 1.54) is 27.4 Å². The Morgan fingerprint density at radius 2 is 1.87 bits per heavy atom. The second-order valence-electron chi connectivity index (χ2n) is 6.58. The molecule has 0 radical (unpaired) electrons. The molecule has 0 saturated carbocycles. The number of aryl methyl sites for hydroxylation is 1. The summed E-state index contributed by atoms with van der Waals surface area (Å²) in [5, 5.41) is 10.6. The third-order valence-corrected chi connectivity index (χ3v) is 4.79. The Labute approximate surface area is 170 Å². The van der Waals surface area contributed by atoms with Crippen LogP contribution >= 0.6 is 0 Å². The Balaban J connectivity index is 1.99. The van der Waals surface area contributed by atoms with Crippen molar-refractivity contribution in [1.82, 2.24) is 4.98 Å². The summed E-state index contributed by atoms with van der Waals surface area (Å²) in [6, 6.07) is 5.00. The van der Waals surface area contributed by atoms with Crippen LogP contribution in [0.5, 0.6) is 17.4 Å². The van der Waals surface area contributed by atoms with Gasteiger partial charge in [0.1, 0.15) is 11.1 Å². The number of fused-ring (bicyclic) bond motifs is 2. The molecule has 1 aromatic carbocycles. The average molecular weight is 410 g/mol. The van der Waals surface area contributed by atoms with Crippen molar-refractivity contribution in [3.63, 3.8) is 0 Å². The number of hydrogen-bond donors (Lipinski definition) is 2. The summed E-state index contributed by atoms with van der Waals surface area (Å²) in [6.07, 6.45) is 1.54. The van der Waals surface area contributed by atoms with Gasteiger partial charge in [-0.1, -0.05) is 0 Å². The van der Waals surface area contributed by atoms with Crippen molar-refractivity contribution in [1.29, 1.82) is 0 Å². The van der Waals surface area contributed by atoms with Crippen LogP contribution in [0, 0.1) is 6.92 Å². The molecule has 3 aromatic rings. The van der Waals surface area contributed by atoms with Crippen LogP contribution in [-0.2, 0) is 9.53 Å². The van der Waals surface area contributed by atoms with Crippen LogP contribution in [0.15, 0.2) is 32.4 Å². The zero-order valence-electron chi connectivity index (χ0n) is 16.7. The summed E-state index contributed by atoms with van der Waals surface area (Å²) in [6.45, 7) is 1.71. The number of methoxy groups -OCH3 is 3. The lowest BCUT2D eigenvalue weighted by Crippen LogP contribution is -2.14. The van der Waals surface area contributed by atoms with Gasteiger partial charge in [-0.2, -0.15) is 0 Å². The molecule has 9 nitrogen and oxygen atoms in total. The lowest BCUT2D eigenvalue weighted by atomic mass is 10.00. The molecular weight excluding hydrogens is 392 g/mol. The molecule has 1 aliphatic rings. The van der Waals surface area contributed by atoms with Gasteiger partial charge in [0, 0.05) is 28.3 Å². The fourth-order valence-electron chi connectivity index (χ4n) is 3.43. The van der Waals surface area contributed by atoms with Gasteiger partial charge in [0.15, 0.2) is 17.2 Å². The van der Waals surface area contributed by atoms with E-state index in [0.717, 1.165) is 0 Å². The molecule has 154 valence electrons. The van der Waals surface area contributed by atoms with Crippen LogP contribution in [0.3, 0.4) is 0 Å². The van der Waals surface area contributed by atoms with Gasteiger partial charge >= 0.3 is 5.97 Å². The van der Waals surface area contributed by atoms with Gasteiger partial charge in [-0.25, -0.2) is 9.79 Å². The SMILES string of the molecule is COC(=O)C1=Nc2cc(OC)c(OC)cc2/C1=C\c1oc(O)c2c(=O)[nH]c(C)cc12. The van der Waals surface area contributed by atoms with Crippen LogP contribution in [0.4, 0.5) is 5.69 Å². The lowest BCUT2D eigenvalue weighted by Gasteiger charge is -2.10. The predicted molar refractivity (Wildman–Crippen MR) is 110 cm³/mol. The molecule has 0 bridgehead atoms. The van der Waals surface area contributed by atoms with Gasteiger partial charge in [-0.15, -0.1) is 0 Å². The highest BCUT2D eigenvalue weighted by atomic mass is 16.5. The van der Waals surface area contributed by atoms with Crippen LogP contribution in [-0.4, -0.2) is 43.1 Å². The van der Waals surface area contributed by atoms with Crippen molar-refractivity contribution in [3.8, 4) is 17.4 Å². The molecule has 0 saturated heterocycles. The highest BCUT2D eigenvalue weighted by Crippen LogP contribution is 2.44. The largest absolute Gasteiger partial charge is 0.493 e. The van der Waals surface area contributed by atoms with Crippen LogP contribution in [0.2, 0.25) is 0 Å². The maximum absolute atomic E-state index is 12.4. The Bertz CT molecular complexity index is 1310. The summed E-state index contributed by atoms with van der Waals surface area (Å²) in [4.78, 5) is 31.6. The molecule has 30 heavy (non-hydrogen) atoms. The Morgan fingerprint density at radius 3 is 2.53 bits per heavy atom. The number of esters is 1. The minimum atomic E-state index is -0.649. The summed E-state index contributed by atoms with van der Waals surface area (Å²) >= 11 is 0. The highest BCUT2D eigenvalue weighted by Gasteiger charge is 2.30. The number of aromatic amines is 1. The van der Waals surface area contributed by atoms with E-state index >= 15 is 0 Å². The first-order valence-corrected chi connectivity index (χ1v) is 8.88. The third kappa shape index (κ3) is 2.91. The quantitative estimate of drug-likeness (QED) is 0.634. The number of carbonyl (C=O) groups excluding carboxylic acids is 1. The first-order chi connectivity index (χ1) is 14.4. The number of carbonyl (C=O) groups is 1. The number of aliphatic imine (C=N–C) groups is 1. The number of benzene rings is 1. The molecular formula is C21H18N2O7. The molecule has 2 aromatic heterocycles. The number of pyridine rings is 1. The van der Waals surface area contributed by atoms with E-state index in [1.54, 1.807) is 25.1 Å². The normalized spacial score (nSPS) is 14.0. The van der Waals surface area contributed by atoms with E-state index in [0.29, 0.717) is 39.4 Å². The topological polar surface area (TPSA) is 123 Å². The van der Waals surface area contributed by atoms with E-state index in [9.17, 15) is 14.7 Å². The van der Waals surface area contributed by atoms with Crippen molar-refractivity contribution in [2.75, 3.05) is 21.3 Å². The van der Waals surface area contributed by atoms with Crippen LogP contribution in [0.25, 0.3) is 22.4 Å². The van der Waals surface area contributed by atoms with Crippen LogP contribution < -0.4 is 15.0 Å². The molecule has 0 fully saturated rings. The summed E-state index contributed by atoms with van der Waals surface area (Å²) < 4.78 is 21.0. The van der Waals surface area contributed by atoms with Gasteiger partial charge in [-0.05, 0) is 25.1 Å². The molecule has 0 spiro atoms. The highest BCUT2D eigenvalue weighted by molar-refractivity contribution is 6.58.